The number of carbonyl (C=O) groups is 4. The molecule has 6 atom stereocenters. The highest BCUT2D eigenvalue weighted by Crippen LogP contribution is 2.45. The van der Waals surface area contributed by atoms with E-state index in [0.717, 1.165) is 102 Å². The van der Waals surface area contributed by atoms with Crippen LogP contribution in [0.3, 0.4) is 0 Å². The van der Waals surface area contributed by atoms with Gasteiger partial charge in [-0.25, -0.2) is 9.13 Å². The molecular formula is C70H136O17P2. The van der Waals surface area contributed by atoms with Crippen molar-refractivity contribution in [3.63, 3.8) is 0 Å². The third-order valence-corrected chi connectivity index (χ3v) is 18.5. The van der Waals surface area contributed by atoms with Crippen LogP contribution in [0.4, 0.5) is 0 Å². The maximum atomic E-state index is 13.0. The molecule has 0 aromatic carbocycles. The number of hydrogen-bond acceptors (Lipinski definition) is 15. The maximum absolute atomic E-state index is 13.0. The van der Waals surface area contributed by atoms with Crippen LogP contribution < -0.4 is 0 Å². The minimum Gasteiger partial charge on any atom is -0.462 e. The molecule has 0 saturated heterocycles. The summed E-state index contributed by atoms with van der Waals surface area (Å²) in [6.45, 7) is 7.22. The smallest absolute Gasteiger partial charge is 0.462 e. The molecule has 528 valence electrons. The molecule has 0 saturated carbocycles. The Labute approximate surface area is 543 Å². The van der Waals surface area contributed by atoms with Gasteiger partial charge in [0.2, 0.25) is 0 Å². The molecule has 0 heterocycles. The number of phosphoric ester groups is 2. The normalized spacial score (nSPS) is 14.4. The first kappa shape index (κ1) is 87.1. The van der Waals surface area contributed by atoms with Crippen molar-refractivity contribution in [2.24, 2.45) is 5.92 Å². The molecule has 0 aliphatic rings. The average Bonchev–Trinajstić information content (AvgIpc) is 3.53. The van der Waals surface area contributed by atoms with E-state index < -0.39 is 97.5 Å². The van der Waals surface area contributed by atoms with E-state index in [2.05, 4.69) is 34.6 Å². The van der Waals surface area contributed by atoms with Gasteiger partial charge in [-0.1, -0.05) is 311 Å². The lowest BCUT2D eigenvalue weighted by Gasteiger charge is -2.21. The SMILES string of the molecule is CCCCCCCCCCCCCCCC(=O)OC[C@H](COP(=O)(O)OC[C@@H](O)COP(=O)(O)OC[C@@H](COC(=O)CCCCCCC)OC(=O)CCCCCCCCCCCCCCC)OC(=O)CCCCCCCCCCCCCCCCC(C)CC. The molecule has 0 amide bonds. The Bertz CT molecular complexity index is 1720. The minimum absolute atomic E-state index is 0.107. The summed E-state index contributed by atoms with van der Waals surface area (Å²) in [5.41, 5.74) is 0. The summed E-state index contributed by atoms with van der Waals surface area (Å²) < 4.78 is 68.1. The molecule has 0 radical (unpaired) electrons. The Morgan fingerprint density at radius 2 is 0.539 bits per heavy atom. The quantitative estimate of drug-likeness (QED) is 0.0222. The second kappa shape index (κ2) is 63.5. The number of esters is 4. The van der Waals surface area contributed by atoms with Crippen LogP contribution in [0.15, 0.2) is 0 Å². The lowest BCUT2D eigenvalue weighted by atomic mass is 9.99. The van der Waals surface area contributed by atoms with Gasteiger partial charge in [-0.2, -0.15) is 0 Å². The zero-order chi connectivity index (χ0) is 65.6. The number of unbranched alkanes of at least 4 members (excludes halogenated alkanes) is 41. The van der Waals surface area contributed by atoms with Gasteiger partial charge in [0.15, 0.2) is 12.2 Å². The van der Waals surface area contributed by atoms with Crippen LogP contribution in [0, 0.1) is 5.92 Å². The van der Waals surface area contributed by atoms with E-state index >= 15 is 0 Å². The third kappa shape index (κ3) is 63.2. The van der Waals surface area contributed by atoms with Gasteiger partial charge in [-0.05, 0) is 31.6 Å². The number of aliphatic hydroxyl groups is 1. The summed E-state index contributed by atoms with van der Waals surface area (Å²) in [5, 5.41) is 10.6. The highest BCUT2D eigenvalue weighted by Gasteiger charge is 2.30. The Morgan fingerprint density at radius 3 is 0.798 bits per heavy atom. The number of rotatable bonds is 70. The minimum atomic E-state index is -4.95. The van der Waals surface area contributed by atoms with Crippen molar-refractivity contribution in [3.05, 3.63) is 0 Å². The van der Waals surface area contributed by atoms with Gasteiger partial charge in [0.25, 0.3) is 0 Å². The molecule has 0 rings (SSSR count). The first-order valence-electron chi connectivity index (χ1n) is 36.7. The maximum Gasteiger partial charge on any atom is 0.472 e. The van der Waals surface area contributed by atoms with Crippen molar-refractivity contribution in [1.29, 1.82) is 0 Å². The number of carbonyl (C=O) groups excluding carboxylic acids is 4. The van der Waals surface area contributed by atoms with Crippen LogP contribution in [0.5, 0.6) is 0 Å². The Kier molecular flexibility index (Phi) is 62.1. The molecule has 0 aliphatic heterocycles. The fourth-order valence-electron chi connectivity index (χ4n) is 10.6. The van der Waals surface area contributed by atoms with E-state index in [0.29, 0.717) is 25.7 Å². The summed E-state index contributed by atoms with van der Waals surface area (Å²) in [4.78, 5) is 72.3. The highest BCUT2D eigenvalue weighted by atomic mass is 31.2. The summed E-state index contributed by atoms with van der Waals surface area (Å²) in [5.74, 6) is -1.29. The van der Waals surface area contributed by atoms with Crippen molar-refractivity contribution in [2.45, 2.75) is 380 Å². The molecule has 17 nitrogen and oxygen atoms in total. The first-order valence-corrected chi connectivity index (χ1v) is 39.7. The number of phosphoric acid groups is 2. The molecule has 89 heavy (non-hydrogen) atoms. The van der Waals surface area contributed by atoms with Gasteiger partial charge in [0, 0.05) is 25.7 Å². The lowest BCUT2D eigenvalue weighted by Crippen LogP contribution is -2.30. The third-order valence-electron chi connectivity index (χ3n) is 16.6. The van der Waals surface area contributed by atoms with Crippen LogP contribution in [-0.2, 0) is 65.4 Å². The topological polar surface area (TPSA) is 237 Å². The van der Waals surface area contributed by atoms with Gasteiger partial charge >= 0.3 is 39.5 Å². The monoisotopic (exact) mass is 1310 g/mol. The zero-order valence-electron chi connectivity index (χ0n) is 57.6. The molecule has 0 fully saturated rings. The molecular weight excluding hydrogens is 1170 g/mol. The van der Waals surface area contributed by atoms with Crippen molar-refractivity contribution in [2.75, 3.05) is 39.6 Å². The number of hydrogen-bond donors (Lipinski definition) is 3. The van der Waals surface area contributed by atoms with Gasteiger partial charge in [0.05, 0.1) is 26.4 Å². The summed E-state index contributed by atoms with van der Waals surface area (Å²) in [7, 11) is -9.89. The molecule has 0 aliphatic carbocycles. The van der Waals surface area contributed by atoms with Crippen molar-refractivity contribution < 1.29 is 80.2 Å². The van der Waals surface area contributed by atoms with E-state index in [1.165, 1.54) is 180 Å². The van der Waals surface area contributed by atoms with Gasteiger partial charge < -0.3 is 33.8 Å². The lowest BCUT2D eigenvalue weighted by molar-refractivity contribution is -0.161. The van der Waals surface area contributed by atoms with Gasteiger partial charge in [-0.3, -0.25) is 37.3 Å². The fourth-order valence-corrected chi connectivity index (χ4v) is 12.2. The van der Waals surface area contributed by atoms with E-state index in [4.69, 9.17) is 37.0 Å². The van der Waals surface area contributed by atoms with E-state index in [9.17, 15) is 43.2 Å². The fraction of sp³-hybridized carbons (Fsp3) is 0.943. The summed E-state index contributed by atoms with van der Waals surface area (Å²) in [6.07, 6.45) is 50.1. The molecule has 19 heteroatoms. The highest BCUT2D eigenvalue weighted by molar-refractivity contribution is 7.47. The zero-order valence-corrected chi connectivity index (χ0v) is 59.4. The van der Waals surface area contributed by atoms with Crippen LogP contribution >= 0.6 is 15.6 Å². The van der Waals surface area contributed by atoms with Crippen LogP contribution in [-0.4, -0.2) is 96.7 Å². The first-order chi connectivity index (χ1) is 43.1. The van der Waals surface area contributed by atoms with Crippen LogP contribution in [0.1, 0.15) is 362 Å². The summed E-state index contributed by atoms with van der Waals surface area (Å²) >= 11 is 0. The molecule has 0 spiro atoms. The molecule has 0 bridgehead atoms. The second-order valence-electron chi connectivity index (χ2n) is 25.5. The Hall–Kier alpha value is -1.94. The number of ether oxygens (including phenoxy) is 4. The summed E-state index contributed by atoms with van der Waals surface area (Å²) in [6, 6.07) is 0. The van der Waals surface area contributed by atoms with Crippen molar-refractivity contribution in [3.8, 4) is 0 Å². The molecule has 0 aromatic rings. The van der Waals surface area contributed by atoms with Crippen molar-refractivity contribution in [1.82, 2.24) is 0 Å². The van der Waals surface area contributed by atoms with Gasteiger partial charge in [-0.15, -0.1) is 0 Å². The molecule has 3 N–H and O–H groups in total. The van der Waals surface area contributed by atoms with Crippen LogP contribution in [0.2, 0.25) is 0 Å². The second-order valence-corrected chi connectivity index (χ2v) is 28.4. The number of aliphatic hydroxyl groups excluding tert-OH is 1. The van der Waals surface area contributed by atoms with E-state index in [-0.39, 0.29) is 25.7 Å². The standard InChI is InChI=1S/C70H136O17P2/c1-6-10-13-16-18-20-22-26-31-35-39-44-49-54-68(73)81-60-66(87-70(75)56-51-46-41-37-33-29-25-24-28-30-34-38-43-47-52-63(5)9-4)62-85-89(78,79)83-58-64(71)57-82-88(76,77)84-61-65(59-80-67(72)53-48-42-15-12-8-3)86-69(74)55-50-45-40-36-32-27-23-21-19-17-14-11-7-2/h63-66,71H,6-62H2,1-5H3,(H,76,77)(H,78,79)/t63?,64-,65+,66+/m0/s1. The predicted octanol–water partition coefficient (Wildman–Crippen LogP) is 20.1. The Morgan fingerprint density at radius 1 is 0.315 bits per heavy atom. The average molecular weight is 1310 g/mol. The Balaban J connectivity index is 5.15. The van der Waals surface area contributed by atoms with Crippen LogP contribution in [0.25, 0.3) is 0 Å². The largest absolute Gasteiger partial charge is 0.472 e. The molecule has 3 unspecified atom stereocenters. The molecule has 0 aromatic heterocycles. The predicted molar refractivity (Wildman–Crippen MR) is 358 cm³/mol. The van der Waals surface area contributed by atoms with Gasteiger partial charge in [0.1, 0.15) is 19.3 Å². The van der Waals surface area contributed by atoms with Crippen molar-refractivity contribution >= 4 is 39.5 Å². The van der Waals surface area contributed by atoms with E-state index in [1.807, 2.05) is 0 Å². The van der Waals surface area contributed by atoms with E-state index in [1.54, 1.807) is 0 Å².